The van der Waals surface area contributed by atoms with Crippen molar-refractivity contribution < 1.29 is 23.9 Å². The molecule has 2 amide bonds. The van der Waals surface area contributed by atoms with Crippen LogP contribution in [0.5, 0.6) is 0 Å². The molecule has 0 radical (unpaired) electrons. The van der Waals surface area contributed by atoms with Gasteiger partial charge in [0.2, 0.25) is 5.91 Å². The van der Waals surface area contributed by atoms with Crippen molar-refractivity contribution in [1.82, 2.24) is 10.3 Å². The lowest BCUT2D eigenvalue weighted by Gasteiger charge is -2.15. The van der Waals surface area contributed by atoms with E-state index >= 15 is 0 Å². The maximum absolute atomic E-state index is 12.8. The molecule has 3 N–H and O–H groups in total. The number of anilines is 1. The molecule has 1 unspecified atom stereocenters. The van der Waals surface area contributed by atoms with Gasteiger partial charge in [0.15, 0.2) is 0 Å². The van der Waals surface area contributed by atoms with E-state index in [9.17, 15) is 14.4 Å². The Labute approximate surface area is 176 Å². The number of benzene rings is 1. The quantitative estimate of drug-likeness (QED) is 0.430. The number of hydrogen-bond donors (Lipinski definition) is 3. The minimum atomic E-state index is -0.491. The summed E-state index contributed by atoms with van der Waals surface area (Å²) in [7, 11) is 1.53. The predicted molar refractivity (Wildman–Crippen MR) is 114 cm³/mol. The smallest absolute Gasteiger partial charge is 0.340 e. The summed E-state index contributed by atoms with van der Waals surface area (Å²) in [6.45, 7) is 7.54. The normalized spacial score (nSPS) is 11.6. The van der Waals surface area contributed by atoms with E-state index in [0.29, 0.717) is 41.2 Å². The Bertz CT molecular complexity index is 902. The highest BCUT2D eigenvalue weighted by Gasteiger charge is 2.24. The summed E-state index contributed by atoms with van der Waals surface area (Å²) in [5, 5.41) is 5.71. The van der Waals surface area contributed by atoms with Crippen LogP contribution in [0, 0.1) is 13.8 Å². The second-order valence-corrected chi connectivity index (χ2v) is 6.97. The van der Waals surface area contributed by atoms with Gasteiger partial charge in [-0.25, -0.2) is 4.79 Å². The standard InChI is InChI=1S/C22H29N3O5/c1-6-18(26)25-17-9-7-16(8-10-17)14(3)24-21(27)20-13(2)19(15(4)23-20)22(28)30-12-11-29-5/h7-10,14,23H,6,11-12H2,1-5H3,(H,24,27)(H,25,26). The van der Waals surface area contributed by atoms with Gasteiger partial charge in [-0.05, 0) is 44.0 Å². The number of rotatable bonds is 9. The lowest BCUT2D eigenvalue weighted by Crippen LogP contribution is -2.27. The molecule has 0 aliphatic rings. The Morgan fingerprint density at radius 1 is 1.10 bits per heavy atom. The summed E-state index contributed by atoms with van der Waals surface area (Å²) in [6.07, 6.45) is 0.408. The molecule has 8 nitrogen and oxygen atoms in total. The average Bonchev–Trinajstić information content (AvgIpc) is 3.02. The molecule has 0 aliphatic carbocycles. The van der Waals surface area contributed by atoms with E-state index < -0.39 is 5.97 Å². The summed E-state index contributed by atoms with van der Waals surface area (Å²) >= 11 is 0. The fraction of sp³-hybridized carbons (Fsp3) is 0.409. The number of esters is 1. The second kappa shape index (κ2) is 10.6. The van der Waals surface area contributed by atoms with E-state index in [1.165, 1.54) is 7.11 Å². The molecular formula is C22H29N3O5. The van der Waals surface area contributed by atoms with E-state index in [4.69, 9.17) is 9.47 Å². The zero-order chi connectivity index (χ0) is 22.3. The first kappa shape index (κ1) is 23.2. The van der Waals surface area contributed by atoms with Gasteiger partial charge >= 0.3 is 5.97 Å². The van der Waals surface area contributed by atoms with Gasteiger partial charge in [-0.2, -0.15) is 0 Å². The van der Waals surface area contributed by atoms with Crippen molar-refractivity contribution >= 4 is 23.5 Å². The van der Waals surface area contributed by atoms with Gasteiger partial charge in [-0.15, -0.1) is 0 Å². The highest BCUT2D eigenvalue weighted by molar-refractivity contribution is 6.00. The van der Waals surface area contributed by atoms with Crippen molar-refractivity contribution in [3.63, 3.8) is 0 Å². The molecule has 0 aliphatic heterocycles. The van der Waals surface area contributed by atoms with Gasteiger partial charge in [0.1, 0.15) is 12.3 Å². The van der Waals surface area contributed by atoms with Crippen LogP contribution in [0.2, 0.25) is 0 Å². The average molecular weight is 415 g/mol. The molecule has 0 spiro atoms. The molecule has 2 rings (SSSR count). The number of amides is 2. The molecule has 1 atom stereocenters. The zero-order valence-electron chi connectivity index (χ0n) is 18.0. The van der Waals surface area contributed by atoms with Crippen molar-refractivity contribution in [1.29, 1.82) is 0 Å². The van der Waals surface area contributed by atoms with Crippen molar-refractivity contribution in [2.24, 2.45) is 0 Å². The van der Waals surface area contributed by atoms with E-state index in [1.807, 2.05) is 19.1 Å². The fourth-order valence-electron chi connectivity index (χ4n) is 3.03. The SMILES string of the molecule is CCC(=O)Nc1ccc(C(C)NC(=O)c2[nH]c(C)c(C(=O)OCCOC)c2C)cc1. The first-order chi connectivity index (χ1) is 14.3. The highest BCUT2D eigenvalue weighted by Crippen LogP contribution is 2.21. The van der Waals surface area contributed by atoms with Gasteiger partial charge in [0.05, 0.1) is 18.2 Å². The van der Waals surface area contributed by atoms with Crippen LogP contribution in [-0.2, 0) is 14.3 Å². The molecule has 162 valence electrons. The minimum absolute atomic E-state index is 0.0572. The number of methoxy groups -OCH3 is 1. The molecule has 1 aromatic carbocycles. The maximum atomic E-state index is 12.8. The fourth-order valence-corrected chi connectivity index (χ4v) is 3.03. The molecule has 0 saturated heterocycles. The van der Waals surface area contributed by atoms with Crippen LogP contribution in [0.3, 0.4) is 0 Å². The molecule has 0 saturated carbocycles. The van der Waals surface area contributed by atoms with Crippen LogP contribution in [0.1, 0.15) is 64.0 Å². The van der Waals surface area contributed by atoms with Crippen LogP contribution >= 0.6 is 0 Å². The molecule has 2 aromatic rings. The van der Waals surface area contributed by atoms with Crippen molar-refractivity contribution in [2.45, 2.75) is 40.2 Å². The van der Waals surface area contributed by atoms with Crippen LogP contribution in [0.25, 0.3) is 0 Å². The first-order valence-corrected chi connectivity index (χ1v) is 9.84. The summed E-state index contributed by atoms with van der Waals surface area (Å²) < 4.78 is 10.1. The van der Waals surface area contributed by atoms with Gasteiger partial charge in [-0.3, -0.25) is 9.59 Å². The van der Waals surface area contributed by atoms with Crippen molar-refractivity contribution in [3.8, 4) is 0 Å². The van der Waals surface area contributed by atoms with Gasteiger partial charge in [0.25, 0.3) is 5.91 Å². The summed E-state index contributed by atoms with van der Waals surface area (Å²) in [6, 6.07) is 7.02. The summed E-state index contributed by atoms with van der Waals surface area (Å²) in [5.74, 6) is -0.865. The highest BCUT2D eigenvalue weighted by atomic mass is 16.6. The Morgan fingerprint density at radius 3 is 2.37 bits per heavy atom. The lowest BCUT2D eigenvalue weighted by atomic mass is 10.1. The number of carbonyl (C=O) groups is 3. The third-order valence-corrected chi connectivity index (χ3v) is 4.75. The Morgan fingerprint density at radius 2 is 1.77 bits per heavy atom. The third kappa shape index (κ3) is 5.70. The van der Waals surface area contributed by atoms with E-state index in [0.717, 1.165) is 5.56 Å². The van der Waals surface area contributed by atoms with Crippen LogP contribution < -0.4 is 10.6 Å². The Kier molecular flexibility index (Phi) is 8.17. The van der Waals surface area contributed by atoms with Gasteiger partial charge < -0.3 is 25.1 Å². The topological polar surface area (TPSA) is 110 Å². The molecule has 1 heterocycles. The monoisotopic (exact) mass is 415 g/mol. The van der Waals surface area contributed by atoms with Crippen LogP contribution in [0.15, 0.2) is 24.3 Å². The zero-order valence-corrected chi connectivity index (χ0v) is 18.0. The van der Waals surface area contributed by atoms with E-state index in [1.54, 1.807) is 32.9 Å². The van der Waals surface area contributed by atoms with Gasteiger partial charge in [-0.1, -0.05) is 19.1 Å². The molecule has 8 heteroatoms. The number of aryl methyl sites for hydroxylation is 1. The van der Waals surface area contributed by atoms with Gasteiger partial charge in [0, 0.05) is 24.9 Å². The number of nitrogens with one attached hydrogen (secondary N) is 3. The number of aromatic amines is 1. The summed E-state index contributed by atoms with van der Waals surface area (Å²) in [4.78, 5) is 39.5. The number of H-pyrrole nitrogens is 1. The summed E-state index contributed by atoms with van der Waals surface area (Å²) in [5.41, 5.74) is 3.39. The number of carbonyl (C=O) groups excluding carboxylic acids is 3. The van der Waals surface area contributed by atoms with E-state index in [2.05, 4.69) is 15.6 Å². The van der Waals surface area contributed by atoms with Crippen molar-refractivity contribution in [3.05, 3.63) is 52.3 Å². The Balaban J connectivity index is 2.07. The number of ether oxygens (including phenoxy) is 2. The number of aromatic nitrogens is 1. The molecule has 0 fully saturated rings. The molecule has 0 bridgehead atoms. The van der Waals surface area contributed by atoms with Crippen molar-refractivity contribution in [2.75, 3.05) is 25.6 Å². The van der Waals surface area contributed by atoms with Crippen LogP contribution in [-0.4, -0.2) is 43.1 Å². The molecule has 1 aromatic heterocycles. The molecule has 30 heavy (non-hydrogen) atoms. The third-order valence-electron chi connectivity index (χ3n) is 4.75. The lowest BCUT2D eigenvalue weighted by molar-refractivity contribution is -0.115. The van der Waals surface area contributed by atoms with Crippen LogP contribution in [0.4, 0.5) is 5.69 Å². The largest absolute Gasteiger partial charge is 0.460 e. The second-order valence-electron chi connectivity index (χ2n) is 6.97. The predicted octanol–water partition coefficient (Wildman–Crippen LogP) is 3.27. The minimum Gasteiger partial charge on any atom is -0.460 e. The maximum Gasteiger partial charge on any atom is 0.340 e. The van der Waals surface area contributed by atoms with E-state index in [-0.39, 0.29) is 24.5 Å². The molecular weight excluding hydrogens is 386 g/mol. The first-order valence-electron chi connectivity index (χ1n) is 9.84. The Hall–Kier alpha value is -3.13. The number of hydrogen-bond acceptors (Lipinski definition) is 5.